The monoisotopic (exact) mass is 504 g/mol. The Morgan fingerprint density at radius 2 is 1.65 bits per heavy atom. The Morgan fingerprint density at radius 1 is 1.00 bits per heavy atom. The molecule has 1 aromatic heterocycles. The number of halogens is 1. The first kappa shape index (κ1) is 26.6. The van der Waals surface area contributed by atoms with Gasteiger partial charge in [-0.05, 0) is 74.4 Å². The van der Waals surface area contributed by atoms with E-state index in [9.17, 15) is 9.18 Å². The summed E-state index contributed by atoms with van der Waals surface area (Å²) in [5, 5.41) is 0. The Hall–Kier alpha value is -3.41. The fourth-order valence-corrected chi connectivity index (χ4v) is 4.93. The van der Waals surface area contributed by atoms with Crippen molar-refractivity contribution in [3.63, 3.8) is 0 Å². The summed E-state index contributed by atoms with van der Waals surface area (Å²) in [7, 11) is 0. The summed E-state index contributed by atoms with van der Waals surface area (Å²) in [4.78, 5) is 19.9. The second-order valence-electron chi connectivity index (χ2n) is 10.6. The Balaban J connectivity index is 1.68. The van der Waals surface area contributed by atoms with Gasteiger partial charge in [-0.25, -0.2) is 4.39 Å². The molecule has 0 radical (unpaired) electrons. The number of hydrogen-bond acceptors (Lipinski definition) is 5. The number of piperidine rings is 1. The van der Waals surface area contributed by atoms with Crippen molar-refractivity contribution in [1.29, 1.82) is 0 Å². The van der Waals surface area contributed by atoms with Crippen molar-refractivity contribution in [2.45, 2.75) is 60.5 Å². The Labute approximate surface area is 219 Å². The molecule has 1 fully saturated rings. The largest absolute Gasteiger partial charge is 0.489 e. The Morgan fingerprint density at radius 3 is 2.27 bits per heavy atom. The maximum Gasteiger partial charge on any atom is 0.310 e. The zero-order chi connectivity index (χ0) is 26.6. The second-order valence-corrected chi connectivity index (χ2v) is 10.6. The molecule has 0 amide bonds. The molecular weight excluding hydrogens is 467 g/mol. The first-order chi connectivity index (χ1) is 17.7. The number of pyridine rings is 1. The van der Waals surface area contributed by atoms with Crippen molar-refractivity contribution in [1.82, 2.24) is 4.98 Å². The molecule has 0 bridgehead atoms. The van der Waals surface area contributed by atoms with Crippen molar-refractivity contribution in [3.05, 3.63) is 76.9 Å². The molecule has 0 saturated carbocycles. The predicted octanol–water partition coefficient (Wildman–Crippen LogP) is 6.82. The van der Waals surface area contributed by atoms with Gasteiger partial charge in [-0.1, -0.05) is 38.1 Å². The zero-order valence-electron chi connectivity index (χ0n) is 22.6. The van der Waals surface area contributed by atoms with Gasteiger partial charge in [-0.15, -0.1) is 0 Å². The Bertz CT molecular complexity index is 1230. The molecule has 1 saturated heterocycles. The van der Waals surface area contributed by atoms with E-state index in [-0.39, 0.29) is 18.2 Å². The predicted molar refractivity (Wildman–Crippen MR) is 145 cm³/mol. The SMILES string of the molecule is CCOC(=O)Cc1c(C)nc(C)c(-c2ccc(OCc3ccc(F)cc3)cc2)c1N1CCC(C)(C)CC1. The van der Waals surface area contributed by atoms with E-state index >= 15 is 0 Å². The molecular formula is C31H37FN2O3. The maximum atomic E-state index is 13.2. The molecule has 0 N–H and O–H groups in total. The minimum Gasteiger partial charge on any atom is -0.489 e. The Kier molecular flexibility index (Phi) is 8.16. The lowest BCUT2D eigenvalue weighted by atomic mass is 9.82. The van der Waals surface area contributed by atoms with Gasteiger partial charge in [0.25, 0.3) is 0 Å². The fraction of sp³-hybridized carbons (Fsp3) is 0.419. The van der Waals surface area contributed by atoms with Gasteiger partial charge in [0, 0.05) is 35.6 Å². The van der Waals surface area contributed by atoms with Gasteiger partial charge in [0.1, 0.15) is 18.2 Å². The number of carbonyl (C=O) groups is 1. The highest BCUT2D eigenvalue weighted by molar-refractivity contribution is 5.86. The van der Waals surface area contributed by atoms with Gasteiger partial charge in [-0.2, -0.15) is 0 Å². The van der Waals surface area contributed by atoms with Crippen LogP contribution in [0.2, 0.25) is 0 Å². The minimum absolute atomic E-state index is 0.202. The summed E-state index contributed by atoms with van der Waals surface area (Å²) in [6, 6.07) is 14.3. The van der Waals surface area contributed by atoms with Gasteiger partial charge in [0.2, 0.25) is 0 Å². The van der Waals surface area contributed by atoms with Crippen LogP contribution in [0, 0.1) is 25.1 Å². The lowest BCUT2D eigenvalue weighted by Gasteiger charge is -2.40. The zero-order valence-corrected chi connectivity index (χ0v) is 22.6. The number of aromatic nitrogens is 1. The first-order valence-corrected chi connectivity index (χ1v) is 13.0. The van der Waals surface area contributed by atoms with Gasteiger partial charge < -0.3 is 14.4 Å². The molecule has 6 heteroatoms. The van der Waals surface area contributed by atoms with Gasteiger partial charge in [-0.3, -0.25) is 9.78 Å². The molecule has 1 aliphatic rings. The number of benzene rings is 2. The number of rotatable bonds is 8. The molecule has 3 aromatic rings. The van der Waals surface area contributed by atoms with Crippen molar-refractivity contribution in [2.24, 2.45) is 5.41 Å². The van der Waals surface area contributed by atoms with E-state index in [0.717, 1.165) is 71.0 Å². The third-order valence-electron chi connectivity index (χ3n) is 7.18. The van der Waals surface area contributed by atoms with E-state index < -0.39 is 0 Å². The van der Waals surface area contributed by atoms with E-state index in [1.807, 2.05) is 45.0 Å². The summed E-state index contributed by atoms with van der Waals surface area (Å²) in [5.74, 6) is 0.245. The molecule has 0 unspecified atom stereocenters. The van der Waals surface area contributed by atoms with Crippen LogP contribution in [-0.2, 0) is 22.6 Å². The molecule has 2 heterocycles. The van der Waals surface area contributed by atoms with Crippen molar-refractivity contribution >= 4 is 11.7 Å². The highest BCUT2D eigenvalue weighted by Gasteiger charge is 2.30. The van der Waals surface area contributed by atoms with Crippen LogP contribution < -0.4 is 9.64 Å². The van der Waals surface area contributed by atoms with Crippen molar-refractivity contribution < 1.29 is 18.7 Å². The topological polar surface area (TPSA) is 51.7 Å². The number of anilines is 1. The van der Waals surface area contributed by atoms with E-state index in [2.05, 4.69) is 18.7 Å². The van der Waals surface area contributed by atoms with Crippen LogP contribution in [0.3, 0.4) is 0 Å². The smallest absolute Gasteiger partial charge is 0.310 e. The van der Waals surface area contributed by atoms with Crippen LogP contribution in [0.25, 0.3) is 11.1 Å². The van der Waals surface area contributed by atoms with Gasteiger partial charge in [0.15, 0.2) is 0 Å². The molecule has 2 aromatic carbocycles. The van der Waals surface area contributed by atoms with E-state index in [1.54, 1.807) is 12.1 Å². The van der Waals surface area contributed by atoms with Crippen LogP contribution in [0.5, 0.6) is 5.75 Å². The fourth-order valence-electron chi connectivity index (χ4n) is 4.93. The number of esters is 1. The molecule has 37 heavy (non-hydrogen) atoms. The van der Waals surface area contributed by atoms with Gasteiger partial charge in [0.05, 0.1) is 18.7 Å². The standard InChI is InChI=1S/C31H37FN2O3/c1-6-36-28(35)19-27-21(2)33-22(3)29(30(27)34-17-15-31(4,5)16-18-34)24-9-13-26(14-10-24)37-20-23-7-11-25(32)12-8-23/h7-14H,6,15-20H2,1-5H3. The molecule has 0 aliphatic carbocycles. The van der Waals surface area contributed by atoms with Gasteiger partial charge >= 0.3 is 5.97 Å². The number of nitrogens with zero attached hydrogens (tertiary/aromatic N) is 2. The van der Waals surface area contributed by atoms with Crippen LogP contribution in [0.4, 0.5) is 10.1 Å². The lowest BCUT2D eigenvalue weighted by Crippen LogP contribution is -2.38. The molecule has 0 atom stereocenters. The quantitative estimate of drug-likeness (QED) is 0.315. The van der Waals surface area contributed by atoms with Crippen molar-refractivity contribution in [2.75, 3.05) is 24.6 Å². The van der Waals surface area contributed by atoms with Crippen LogP contribution in [-0.4, -0.2) is 30.6 Å². The third-order valence-corrected chi connectivity index (χ3v) is 7.18. The molecule has 0 spiro atoms. The second kappa shape index (κ2) is 11.3. The number of carbonyl (C=O) groups excluding carboxylic acids is 1. The molecule has 196 valence electrons. The highest BCUT2D eigenvalue weighted by Crippen LogP contribution is 2.41. The molecule has 5 nitrogen and oxygen atoms in total. The van der Waals surface area contributed by atoms with E-state index in [4.69, 9.17) is 14.5 Å². The van der Waals surface area contributed by atoms with E-state index in [1.165, 1.54) is 12.1 Å². The van der Waals surface area contributed by atoms with Crippen LogP contribution in [0.15, 0.2) is 48.5 Å². The average molecular weight is 505 g/mol. The molecule has 1 aliphatic heterocycles. The van der Waals surface area contributed by atoms with Crippen molar-refractivity contribution in [3.8, 4) is 16.9 Å². The van der Waals surface area contributed by atoms with E-state index in [0.29, 0.717) is 18.6 Å². The minimum atomic E-state index is -0.259. The number of hydrogen-bond donors (Lipinski definition) is 0. The average Bonchev–Trinajstić information content (AvgIpc) is 2.86. The summed E-state index contributed by atoms with van der Waals surface area (Å²) >= 11 is 0. The third kappa shape index (κ3) is 6.48. The number of ether oxygens (including phenoxy) is 2. The highest BCUT2D eigenvalue weighted by atomic mass is 19.1. The molecule has 4 rings (SSSR count). The summed E-state index contributed by atoms with van der Waals surface area (Å²) in [6.07, 6.45) is 2.37. The summed E-state index contributed by atoms with van der Waals surface area (Å²) in [6.45, 7) is 13.1. The summed E-state index contributed by atoms with van der Waals surface area (Å²) < 4.78 is 24.4. The first-order valence-electron chi connectivity index (χ1n) is 13.0. The lowest BCUT2D eigenvalue weighted by molar-refractivity contribution is -0.142. The van der Waals surface area contributed by atoms with Crippen LogP contribution >= 0.6 is 0 Å². The number of aryl methyl sites for hydroxylation is 2. The van der Waals surface area contributed by atoms with Crippen LogP contribution in [0.1, 0.15) is 56.1 Å². The summed E-state index contributed by atoms with van der Waals surface area (Å²) in [5.41, 5.74) is 7.13. The normalized spacial score (nSPS) is 14.9. The maximum absolute atomic E-state index is 13.2.